The number of carbonyl (C=O) groups is 1. The summed E-state index contributed by atoms with van der Waals surface area (Å²) < 4.78 is 11.7. The van der Waals surface area contributed by atoms with Crippen LogP contribution in [0.2, 0.25) is 0 Å². The van der Waals surface area contributed by atoms with E-state index in [2.05, 4.69) is 0 Å². The minimum Gasteiger partial charge on any atom is -0.276 e. The Kier molecular flexibility index (Phi) is 2.33. The SMILES string of the molecule is CC(C)N(F)C=O. The van der Waals surface area contributed by atoms with Gasteiger partial charge >= 0.3 is 0 Å². The number of amides is 1. The van der Waals surface area contributed by atoms with Crippen LogP contribution < -0.4 is 0 Å². The summed E-state index contributed by atoms with van der Waals surface area (Å²) in [6.45, 7) is 3.18. The second kappa shape index (κ2) is 2.55. The van der Waals surface area contributed by atoms with E-state index in [-0.39, 0.29) is 17.6 Å². The van der Waals surface area contributed by atoms with E-state index in [0.717, 1.165) is 0 Å². The Balaban J connectivity index is 3.33. The van der Waals surface area contributed by atoms with Crippen LogP contribution in [0.25, 0.3) is 0 Å². The van der Waals surface area contributed by atoms with Gasteiger partial charge in [0.15, 0.2) is 0 Å². The molecule has 0 fully saturated rings. The Morgan fingerprint density at radius 2 is 2.14 bits per heavy atom. The largest absolute Gasteiger partial charge is 0.276 e. The minimum absolute atomic E-state index is 0.111. The smallest absolute Gasteiger partial charge is 0.237 e. The fourth-order valence-electron chi connectivity index (χ4n) is 0.122. The van der Waals surface area contributed by atoms with Gasteiger partial charge in [0.2, 0.25) is 6.41 Å². The summed E-state index contributed by atoms with van der Waals surface area (Å²) in [5.41, 5.74) is 0. The molecule has 0 heterocycles. The zero-order valence-corrected chi connectivity index (χ0v) is 4.39. The topological polar surface area (TPSA) is 20.3 Å². The molecule has 0 aliphatic heterocycles. The molecule has 0 radical (unpaired) electrons. The van der Waals surface area contributed by atoms with Crippen LogP contribution in [-0.2, 0) is 4.79 Å². The van der Waals surface area contributed by atoms with Gasteiger partial charge < -0.3 is 0 Å². The Labute approximate surface area is 41.9 Å². The lowest BCUT2D eigenvalue weighted by molar-refractivity contribution is -0.135. The highest BCUT2D eigenvalue weighted by atomic mass is 19.2. The molecule has 0 bridgehead atoms. The molecule has 0 aromatic rings. The fourth-order valence-corrected chi connectivity index (χ4v) is 0.122. The van der Waals surface area contributed by atoms with Crippen LogP contribution in [0.5, 0.6) is 0 Å². The second-order valence-electron chi connectivity index (χ2n) is 1.54. The summed E-state index contributed by atoms with van der Waals surface area (Å²) in [7, 11) is 0. The van der Waals surface area contributed by atoms with Gasteiger partial charge in [0.05, 0.1) is 6.04 Å². The molecule has 0 unspecified atom stereocenters. The third-order valence-corrected chi connectivity index (χ3v) is 0.594. The summed E-state index contributed by atoms with van der Waals surface area (Å²) in [6.07, 6.45) is 0.157. The molecule has 0 aromatic carbocycles. The van der Waals surface area contributed by atoms with Crippen LogP contribution in [0, 0.1) is 0 Å². The lowest BCUT2D eigenvalue weighted by Gasteiger charge is -2.06. The van der Waals surface area contributed by atoms with E-state index in [1.165, 1.54) is 0 Å². The van der Waals surface area contributed by atoms with Crippen molar-refractivity contribution in [1.82, 2.24) is 5.12 Å². The molecule has 0 rings (SSSR count). The summed E-state index contributed by atoms with van der Waals surface area (Å²) >= 11 is 0. The maximum Gasteiger partial charge on any atom is 0.237 e. The van der Waals surface area contributed by atoms with Gasteiger partial charge in [-0.1, -0.05) is 4.48 Å². The Bertz CT molecular complexity index is 64.7. The van der Waals surface area contributed by atoms with Crippen LogP contribution in [0.3, 0.4) is 0 Å². The zero-order chi connectivity index (χ0) is 5.86. The molecular formula is C4H8FNO. The van der Waals surface area contributed by atoms with Crippen molar-refractivity contribution >= 4 is 6.41 Å². The summed E-state index contributed by atoms with van der Waals surface area (Å²) in [6, 6.07) is -0.336. The third kappa shape index (κ3) is 2.14. The van der Waals surface area contributed by atoms with Crippen LogP contribution in [0.4, 0.5) is 4.48 Å². The van der Waals surface area contributed by atoms with Crippen LogP contribution in [0.1, 0.15) is 13.8 Å². The molecule has 0 N–H and O–H groups in total. The van der Waals surface area contributed by atoms with Crippen LogP contribution in [0.15, 0.2) is 0 Å². The van der Waals surface area contributed by atoms with Crippen molar-refractivity contribution in [3.8, 4) is 0 Å². The molecule has 0 aliphatic carbocycles. The molecule has 7 heavy (non-hydrogen) atoms. The van der Waals surface area contributed by atoms with Crippen molar-refractivity contribution in [2.75, 3.05) is 0 Å². The quantitative estimate of drug-likeness (QED) is 0.374. The molecule has 3 heteroatoms. The number of rotatable bonds is 2. The molecule has 1 amide bonds. The standard InChI is InChI=1S/C4H8FNO/c1-4(2)6(5)3-7/h3-4H,1-2H3. The first-order valence-electron chi connectivity index (χ1n) is 2.08. The molecule has 0 saturated carbocycles. The molecule has 42 valence electrons. The fraction of sp³-hybridized carbons (Fsp3) is 0.750. The second-order valence-corrected chi connectivity index (χ2v) is 1.54. The van der Waals surface area contributed by atoms with E-state index in [0.29, 0.717) is 0 Å². The van der Waals surface area contributed by atoms with Crippen molar-refractivity contribution in [1.29, 1.82) is 0 Å². The van der Waals surface area contributed by atoms with Gasteiger partial charge in [0.1, 0.15) is 0 Å². The number of carbonyl (C=O) groups excluding carboxylic acids is 1. The minimum atomic E-state index is -0.336. The molecular weight excluding hydrogens is 97.0 g/mol. The Morgan fingerprint density at radius 1 is 1.71 bits per heavy atom. The normalized spacial score (nSPS) is 9.14. The van der Waals surface area contributed by atoms with Crippen molar-refractivity contribution in [3.63, 3.8) is 0 Å². The van der Waals surface area contributed by atoms with E-state index in [1.807, 2.05) is 0 Å². The molecule has 0 aromatic heterocycles. The molecule has 0 aliphatic rings. The van der Waals surface area contributed by atoms with Gasteiger partial charge in [-0.15, -0.1) is 0 Å². The van der Waals surface area contributed by atoms with Gasteiger partial charge in [0, 0.05) is 0 Å². The van der Waals surface area contributed by atoms with Gasteiger partial charge in [-0.3, -0.25) is 4.79 Å². The van der Waals surface area contributed by atoms with Crippen molar-refractivity contribution in [2.24, 2.45) is 0 Å². The number of halogens is 1. The van der Waals surface area contributed by atoms with Crippen molar-refractivity contribution < 1.29 is 9.28 Å². The highest BCUT2D eigenvalue weighted by molar-refractivity contribution is 5.45. The number of nitrogens with zero attached hydrogens (tertiary/aromatic N) is 1. The van der Waals surface area contributed by atoms with Gasteiger partial charge in [0.25, 0.3) is 0 Å². The van der Waals surface area contributed by atoms with E-state index < -0.39 is 0 Å². The van der Waals surface area contributed by atoms with Crippen molar-refractivity contribution in [2.45, 2.75) is 19.9 Å². The first-order valence-corrected chi connectivity index (χ1v) is 2.08. The van der Waals surface area contributed by atoms with E-state index in [4.69, 9.17) is 0 Å². The predicted molar refractivity (Wildman–Crippen MR) is 24.1 cm³/mol. The average Bonchev–Trinajstić information content (AvgIpc) is 1.65. The first kappa shape index (κ1) is 6.40. The number of hydrogen-bond donors (Lipinski definition) is 0. The maximum absolute atomic E-state index is 11.7. The van der Waals surface area contributed by atoms with E-state index in [1.54, 1.807) is 13.8 Å². The van der Waals surface area contributed by atoms with Crippen LogP contribution >= 0.6 is 0 Å². The Morgan fingerprint density at radius 3 is 2.14 bits per heavy atom. The average molecular weight is 105 g/mol. The van der Waals surface area contributed by atoms with Gasteiger partial charge in [-0.2, -0.15) is 5.12 Å². The zero-order valence-electron chi connectivity index (χ0n) is 4.39. The maximum atomic E-state index is 11.7. The van der Waals surface area contributed by atoms with Gasteiger partial charge in [-0.05, 0) is 13.8 Å². The monoisotopic (exact) mass is 105 g/mol. The lowest BCUT2D eigenvalue weighted by Crippen LogP contribution is -2.19. The third-order valence-electron chi connectivity index (χ3n) is 0.594. The number of hydrogen-bond acceptors (Lipinski definition) is 1. The van der Waals surface area contributed by atoms with Gasteiger partial charge in [-0.25, -0.2) is 0 Å². The predicted octanol–water partition coefficient (Wildman–Crippen LogP) is 0.738. The summed E-state index contributed by atoms with van der Waals surface area (Å²) in [5, 5.41) is 0.111. The van der Waals surface area contributed by atoms with E-state index in [9.17, 15) is 9.28 Å². The molecule has 0 atom stereocenters. The molecule has 0 saturated heterocycles. The summed E-state index contributed by atoms with van der Waals surface area (Å²) in [4.78, 5) is 9.50. The highest BCUT2D eigenvalue weighted by Gasteiger charge is 2.00. The first-order chi connectivity index (χ1) is 3.18. The molecule has 0 spiro atoms. The van der Waals surface area contributed by atoms with Crippen molar-refractivity contribution in [3.05, 3.63) is 0 Å². The Hall–Kier alpha value is -0.600. The lowest BCUT2D eigenvalue weighted by atomic mass is 10.4. The van der Waals surface area contributed by atoms with E-state index >= 15 is 0 Å². The molecule has 2 nitrogen and oxygen atoms in total. The highest BCUT2D eigenvalue weighted by Crippen LogP contribution is 1.91. The summed E-state index contributed by atoms with van der Waals surface area (Å²) in [5.74, 6) is 0. The van der Waals surface area contributed by atoms with Crippen LogP contribution in [-0.4, -0.2) is 17.6 Å².